The van der Waals surface area contributed by atoms with Crippen molar-refractivity contribution in [3.8, 4) is 0 Å². The third-order valence-corrected chi connectivity index (χ3v) is 2.66. The maximum atomic E-state index is 11.2. The molecular formula is C12H19NO6. The van der Waals surface area contributed by atoms with Gasteiger partial charge in [0.15, 0.2) is 0 Å². The molecule has 1 amide bonds. The number of carbonyl (C=O) groups is 2. The van der Waals surface area contributed by atoms with Crippen molar-refractivity contribution in [2.75, 3.05) is 33.0 Å². The SMILES string of the molecule is C=CCOC(=O)NCCC1(CC(=O)O)COCCO1. The highest BCUT2D eigenvalue weighted by Crippen LogP contribution is 2.24. The maximum Gasteiger partial charge on any atom is 0.407 e. The number of aliphatic carboxylic acids is 1. The summed E-state index contributed by atoms with van der Waals surface area (Å²) in [6.07, 6.45) is 1.09. The second-order valence-corrected chi connectivity index (χ2v) is 4.22. The molecule has 1 aliphatic heterocycles. The third kappa shape index (κ3) is 5.71. The molecule has 1 fully saturated rings. The summed E-state index contributed by atoms with van der Waals surface area (Å²) in [4.78, 5) is 22.1. The summed E-state index contributed by atoms with van der Waals surface area (Å²) in [5, 5.41) is 11.4. The maximum absolute atomic E-state index is 11.2. The fourth-order valence-electron chi connectivity index (χ4n) is 1.81. The van der Waals surface area contributed by atoms with Gasteiger partial charge in [0.05, 0.1) is 26.2 Å². The summed E-state index contributed by atoms with van der Waals surface area (Å²) >= 11 is 0. The van der Waals surface area contributed by atoms with Crippen LogP contribution in [0.25, 0.3) is 0 Å². The van der Waals surface area contributed by atoms with E-state index in [4.69, 9.17) is 19.3 Å². The summed E-state index contributed by atoms with van der Waals surface area (Å²) in [6.45, 7) is 4.83. The number of carboxylic acids is 1. The molecule has 0 saturated carbocycles. The van der Waals surface area contributed by atoms with Gasteiger partial charge in [-0.2, -0.15) is 0 Å². The second kappa shape index (κ2) is 7.75. The average molecular weight is 273 g/mol. The van der Waals surface area contributed by atoms with E-state index in [-0.39, 0.29) is 26.2 Å². The smallest absolute Gasteiger partial charge is 0.407 e. The van der Waals surface area contributed by atoms with E-state index < -0.39 is 17.7 Å². The average Bonchev–Trinajstić information content (AvgIpc) is 2.36. The molecule has 0 aromatic heterocycles. The van der Waals surface area contributed by atoms with E-state index in [9.17, 15) is 9.59 Å². The highest BCUT2D eigenvalue weighted by Gasteiger charge is 2.36. The molecule has 0 spiro atoms. The van der Waals surface area contributed by atoms with Crippen LogP contribution in [0.2, 0.25) is 0 Å². The van der Waals surface area contributed by atoms with Crippen molar-refractivity contribution in [1.82, 2.24) is 5.32 Å². The Labute approximate surface area is 111 Å². The van der Waals surface area contributed by atoms with Gasteiger partial charge in [-0.1, -0.05) is 12.7 Å². The van der Waals surface area contributed by atoms with Gasteiger partial charge in [-0.05, 0) is 6.42 Å². The molecule has 7 heteroatoms. The monoisotopic (exact) mass is 273 g/mol. The lowest BCUT2D eigenvalue weighted by atomic mass is 9.95. The van der Waals surface area contributed by atoms with Crippen LogP contribution in [0.15, 0.2) is 12.7 Å². The Hall–Kier alpha value is -1.60. The summed E-state index contributed by atoms with van der Waals surface area (Å²) in [6, 6.07) is 0. The Morgan fingerprint density at radius 2 is 2.26 bits per heavy atom. The molecule has 108 valence electrons. The number of carboxylic acid groups (broad SMARTS) is 1. The van der Waals surface area contributed by atoms with Crippen molar-refractivity contribution < 1.29 is 28.9 Å². The van der Waals surface area contributed by atoms with Crippen LogP contribution >= 0.6 is 0 Å². The van der Waals surface area contributed by atoms with Crippen molar-refractivity contribution in [3.63, 3.8) is 0 Å². The molecule has 0 aliphatic carbocycles. The summed E-state index contributed by atoms with van der Waals surface area (Å²) in [5.74, 6) is -0.959. The quantitative estimate of drug-likeness (QED) is 0.658. The number of hydrogen-bond donors (Lipinski definition) is 2. The van der Waals surface area contributed by atoms with E-state index in [1.165, 1.54) is 6.08 Å². The molecule has 1 atom stereocenters. The van der Waals surface area contributed by atoms with Crippen molar-refractivity contribution in [2.24, 2.45) is 0 Å². The van der Waals surface area contributed by atoms with Gasteiger partial charge in [-0.25, -0.2) is 4.79 Å². The predicted molar refractivity (Wildman–Crippen MR) is 65.9 cm³/mol. The Balaban J connectivity index is 2.38. The van der Waals surface area contributed by atoms with Gasteiger partial charge in [-0.15, -0.1) is 0 Å². The Morgan fingerprint density at radius 3 is 2.84 bits per heavy atom. The van der Waals surface area contributed by atoms with Gasteiger partial charge in [0.1, 0.15) is 12.2 Å². The topological polar surface area (TPSA) is 94.1 Å². The van der Waals surface area contributed by atoms with Gasteiger partial charge in [0, 0.05) is 6.54 Å². The minimum absolute atomic E-state index is 0.131. The minimum Gasteiger partial charge on any atom is -0.481 e. The fraction of sp³-hybridized carbons (Fsp3) is 0.667. The second-order valence-electron chi connectivity index (χ2n) is 4.22. The first-order valence-corrected chi connectivity index (χ1v) is 6.03. The van der Waals surface area contributed by atoms with Crippen LogP contribution in [0.4, 0.5) is 4.79 Å². The third-order valence-electron chi connectivity index (χ3n) is 2.66. The van der Waals surface area contributed by atoms with E-state index in [0.29, 0.717) is 19.6 Å². The highest BCUT2D eigenvalue weighted by atomic mass is 16.6. The molecule has 1 saturated heterocycles. The van der Waals surface area contributed by atoms with E-state index in [0.717, 1.165) is 0 Å². The molecule has 0 aromatic carbocycles. The van der Waals surface area contributed by atoms with Crippen molar-refractivity contribution >= 4 is 12.1 Å². The van der Waals surface area contributed by atoms with Gasteiger partial charge in [-0.3, -0.25) is 4.79 Å². The first kappa shape index (κ1) is 15.5. The zero-order valence-electron chi connectivity index (χ0n) is 10.7. The number of rotatable bonds is 7. The van der Waals surface area contributed by atoms with Crippen LogP contribution in [0, 0.1) is 0 Å². The van der Waals surface area contributed by atoms with Crippen LogP contribution in [0.1, 0.15) is 12.8 Å². The lowest BCUT2D eigenvalue weighted by molar-refractivity contribution is -0.176. The number of hydrogen-bond acceptors (Lipinski definition) is 5. The van der Waals surface area contributed by atoms with Crippen LogP contribution in [-0.2, 0) is 19.0 Å². The predicted octanol–water partition coefficient (Wildman–Crippen LogP) is 0.549. The largest absolute Gasteiger partial charge is 0.481 e. The summed E-state index contributed by atoms with van der Waals surface area (Å²) < 4.78 is 15.5. The van der Waals surface area contributed by atoms with Crippen LogP contribution in [-0.4, -0.2) is 55.7 Å². The van der Waals surface area contributed by atoms with Crippen LogP contribution < -0.4 is 5.32 Å². The number of alkyl carbamates (subject to hydrolysis) is 1. The highest BCUT2D eigenvalue weighted by molar-refractivity contribution is 5.68. The Morgan fingerprint density at radius 1 is 1.47 bits per heavy atom. The Kier molecular flexibility index (Phi) is 6.31. The van der Waals surface area contributed by atoms with E-state index in [2.05, 4.69) is 11.9 Å². The Bertz CT molecular complexity index is 324. The molecule has 1 aliphatic rings. The first-order valence-electron chi connectivity index (χ1n) is 6.03. The lowest BCUT2D eigenvalue weighted by Crippen LogP contribution is -2.47. The zero-order chi connectivity index (χ0) is 14.1. The van der Waals surface area contributed by atoms with E-state index >= 15 is 0 Å². The van der Waals surface area contributed by atoms with Gasteiger partial charge >= 0.3 is 12.1 Å². The van der Waals surface area contributed by atoms with E-state index in [1.807, 2.05) is 0 Å². The molecule has 1 heterocycles. The molecule has 0 radical (unpaired) electrons. The first-order chi connectivity index (χ1) is 9.08. The van der Waals surface area contributed by atoms with Gasteiger partial charge < -0.3 is 24.6 Å². The number of amides is 1. The molecule has 0 aromatic rings. The summed E-state index contributed by atoms with van der Waals surface area (Å²) in [7, 11) is 0. The van der Waals surface area contributed by atoms with Crippen molar-refractivity contribution in [3.05, 3.63) is 12.7 Å². The van der Waals surface area contributed by atoms with Crippen molar-refractivity contribution in [2.45, 2.75) is 18.4 Å². The molecule has 2 N–H and O–H groups in total. The molecular weight excluding hydrogens is 254 g/mol. The minimum atomic E-state index is -0.959. The van der Waals surface area contributed by atoms with Crippen molar-refractivity contribution in [1.29, 1.82) is 0 Å². The lowest BCUT2D eigenvalue weighted by Gasteiger charge is -2.36. The molecule has 1 unspecified atom stereocenters. The molecule has 1 rings (SSSR count). The van der Waals surface area contributed by atoms with E-state index in [1.54, 1.807) is 0 Å². The number of ether oxygens (including phenoxy) is 3. The zero-order valence-corrected chi connectivity index (χ0v) is 10.7. The van der Waals surface area contributed by atoms with Crippen LogP contribution in [0.5, 0.6) is 0 Å². The molecule has 19 heavy (non-hydrogen) atoms. The molecule has 0 bridgehead atoms. The van der Waals surface area contributed by atoms with Crippen LogP contribution in [0.3, 0.4) is 0 Å². The van der Waals surface area contributed by atoms with Gasteiger partial charge in [0.25, 0.3) is 0 Å². The fourth-order valence-corrected chi connectivity index (χ4v) is 1.81. The number of carbonyl (C=O) groups excluding carboxylic acids is 1. The summed E-state index contributed by atoms with van der Waals surface area (Å²) in [5.41, 5.74) is -0.879. The number of nitrogens with one attached hydrogen (secondary N) is 1. The normalized spacial score (nSPS) is 22.5. The standard InChI is InChI=1S/C12H19NO6/c1-2-5-18-11(16)13-4-3-12(8-10(14)15)9-17-6-7-19-12/h2H,1,3-9H2,(H,13,16)(H,14,15). The molecule has 7 nitrogen and oxygen atoms in total. The van der Waals surface area contributed by atoms with Gasteiger partial charge in [0.2, 0.25) is 0 Å².